The summed E-state index contributed by atoms with van der Waals surface area (Å²) >= 11 is 1.65. The van der Waals surface area contributed by atoms with Crippen LogP contribution in [0.25, 0.3) is 0 Å². The molecule has 2 nitrogen and oxygen atoms in total. The number of para-hydroxylation sites is 2. The van der Waals surface area contributed by atoms with Crippen LogP contribution in [-0.4, -0.2) is 7.12 Å². The number of fused-ring (bicyclic) bond motifs is 1. The molecule has 0 amide bonds. The van der Waals surface area contributed by atoms with Crippen LogP contribution >= 0.6 is 11.3 Å². The lowest BCUT2D eigenvalue weighted by atomic mass is 9.82. The standard InChI is InChI=1S/C10H7BO2S/c1-2-4-10-9(3-1)12-11(13-10)8-5-6-14-7-8/h1-7H. The first-order valence-corrected chi connectivity index (χ1v) is 5.32. The molecule has 68 valence electrons. The van der Waals surface area contributed by atoms with Crippen LogP contribution in [0.3, 0.4) is 0 Å². The van der Waals surface area contributed by atoms with E-state index in [4.69, 9.17) is 9.31 Å². The van der Waals surface area contributed by atoms with Crippen LogP contribution in [-0.2, 0) is 0 Å². The third kappa shape index (κ3) is 1.19. The minimum Gasteiger partial charge on any atom is -0.519 e. The van der Waals surface area contributed by atoms with Gasteiger partial charge in [-0.3, -0.25) is 0 Å². The fourth-order valence-corrected chi connectivity index (χ4v) is 2.11. The van der Waals surface area contributed by atoms with Crippen molar-refractivity contribution in [2.75, 3.05) is 0 Å². The van der Waals surface area contributed by atoms with Crippen LogP contribution < -0.4 is 14.8 Å². The van der Waals surface area contributed by atoms with E-state index in [1.807, 2.05) is 41.1 Å². The van der Waals surface area contributed by atoms with Crippen molar-refractivity contribution in [2.45, 2.75) is 0 Å². The van der Waals surface area contributed by atoms with Gasteiger partial charge in [-0.2, -0.15) is 11.3 Å². The molecule has 0 unspecified atom stereocenters. The summed E-state index contributed by atoms with van der Waals surface area (Å²) in [5.41, 5.74) is 1.08. The van der Waals surface area contributed by atoms with E-state index in [9.17, 15) is 0 Å². The molecule has 0 N–H and O–H groups in total. The lowest BCUT2D eigenvalue weighted by Crippen LogP contribution is -2.37. The third-order valence-electron chi connectivity index (χ3n) is 2.13. The maximum absolute atomic E-state index is 5.64. The molecule has 0 saturated heterocycles. The van der Waals surface area contributed by atoms with Gasteiger partial charge < -0.3 is 9.31 Å². The summed E-state index contributed by atoms with van der Waals surface area (Å²) in [4.78, 5) is 0. The van der Waals surface area contributed by atoms with E-state index in [2.05, 4.69) is 0 Å². The normalized spacial score (nSPS) is 13.3. The second-order valence-electron chi connectivity index (χ2n) is 3.07. The Hall–Kier alpha value is -1.42. The van der Waals surface area contributed by atoms with Crippen LogP contribution in [0, 0.1) is 0 Å². The Bertz CT molecular complexity index is 416. The topological polar surface area (TPSA) is 18.5 Å². The van der Waals surface area contributed by atoms with Crippen LogP contribution in [0.1, 0.15) is 0 Å². The van der Waals surface area contributed by atoms with Gasteiger partial charge >= 0.3 is 7.12 Å². The molecular weight excluding hydrogens is 195 g/mol. The van der Waals surface area contributed by atoms with Crippen LogP contribution in [0.4, 0.5) is 0 Å². The van der Waals surface area contributed by atoms with Gasteiger partial charge in [0.15, 0.2) is 0 Å². The molecule has 14 heavy (non-hydrogen) atoms. The Morgan fingerprint density at radius 2 is 1.71 bits per heavy atom. The number of hydrogen-bond acceptors (Lipinski definition) is 3. The summed E-state index contributed by atoms with van der Waals surface area (Å²) in [6.07, 6.45) is 0. The highest BCUT2D eigenvalue weighted by Crippen LogP contribution is 2.32. The lowest BCUT2D eigenvalue weighted by Gasteiger charge is -2.00. The van der Waals surface area contributed by atoms with Crippen molar-refractivity contribution >= 4 is 23.9 Å². The molecule has 0 radical (unpaired) electrons. The highest BCUT2D eigenvalue weighted by atomic mass is 32.1. The van der Waals surface area contributed by atoms with Gasteiger partial charge in [-0.25, -0.2) is 0 Å². The highest BCUT2D eigenvalue weighted by molar-refractivity contribution is 7.09. The Morgan fingerprint density at radius 3 is 2.29 bits per heavy atom. The minimum absolute atomic E-state index is 0.265. The molecule has 2 heterocycles. The fraction of sp³-hybridized carbons (Fsp3) is 0. The molecular formula is C10H7BO2S. The molecule has 3 rings (SSSR count). The van der Waals surface area contributed by atoms with Gasteiger partial charge in [0, 0.05) is 5.46 Å². The van der Waals surface area contributed by atoms with Crippen molar-refractivity contribution in [2.24, 2.45) is 0 Å². The number of hydrogen-bond donors (Lipinski definition) is 0. The van der Waals surface area contributed by atoms with Crippen molar-refractivity contribution < 1.29 is 9.31 Å². The SMILES string of the molecule is c1ccc2c(c1)OB(c1ccsc1)O2. The molecule has 0 saturated carbocycles. The molecule has 0 fully saturated rings. The summed E-state index contributed by atoms with van der Waals surface area (Å²) in [5, 5.41) is 4.06. The Kier molecular flexibility index (Phi) is 1.74. The number of benzene rings is 1. The maximum atomic E-state index is 5.64. The highest BCUT2D eigenvalue weighted by Gasteiger charge is 2.33. The van der Waals surface area contributed by atoms with Gasteiger partial charge in [0.1, 0.15) is 11.5 Å². The smallest absolute Gasteiger partial charge is 0.519 e. The van der Waals surface area contributed by atoms with Crippen molar-refractivity contribution in [1.29, 1.82) is 0 Å². The first kappa shape index (κ1) is 7.94. The average Bonchev–Trinajstić information content (AvgIpc) is 2.86. The zero-order valence-electron chi connectivity index (χ0n) is 7.34. The monoisotopic (exact) mass is 202 g/mol. The number of rotatable bonds is 1. The summed E-state index contributed by atoms with van der Waals surface area (Å²) in [6.45, 7) is 0. The predicted octanol–water partition coefficient (Wildman–Crippen LogP) is 1.91. The van der Waals surface area contributed by atoms with Gasteiger partial charge in [-0.05, 0) is 29.0 Å². The quantitative estimate of drug-likeness (QED) is 0.657. The van der Waals surface area contributed by atoms with Crippen LogP contribution in [0.5, 0.6) is 11.5 Å². The van der Waals surface area contributed by atoms with Crippen molar-refractivity contribution in [1.82, 2.24) is 0 Å². The van der Waals surface area contributed by atoms with Gasteiger partial charge in [0.2, 0.25) is 0 Å². The van der Waals surface area contributed by atoms with E-state index >= 15 is 0 Å². The molecule has 1 aromatic carbocycles. The van der Waals surface area contributed by atoms with E-state index in [0.29, 0.717) is 0 Å². The van der Waals surface area contributed by atoms with Crippen LogP contribution in [0.15, 0.2) is 41.1 Å². The largest absolute Gasteiger partial charge is 0.633 e. The molecule has 1 aliphatic heterocycles. The summed E-state index contributed by atoms with van der Waals surface area (Å²) in [5.74, 6) is 1.65. The Morgan fingerprint density at radius 1 is 1.00 bits per heavy atom. The van der Waals surface area contributed by atoms with Gasteiger partial charge in [-0.15, -0.1) is 0 Å². The second kappa shape index (κ2) is 3.06. The van der Waals surface area contributed by atoms with E-state index in [1.165, 1.54) is 0 Å². The zero-order valence-corrected chi connectivity index (χ0v) is 8.16. The molecule has 0 aliphatic carbocycles. The lowest BCUT2D eigenvalue weighted by molar-refractivity contribution is 0.519. The predicted molar refractivity (Wildman–Crippen MR) is 57.4 cm³/mol. The molecule has 1 aliphatic rings. The molecule has 0 bridgehead atoms. The van der Waals surface area contributed by atoms with Crippen molar-refractivity contribution in [3.8, 4) is 11.5 Å². The van der Waals surface area contributed by atoms with Crippen LogP contribution in [0.2, 0.25) is 0 Å². The second-order valence-corrected chi connectivity index (χ2v) is 3.85. The fourth-order valence-electron chi connectivity index (χ4n) is 1.44. The maximum Gasteiger partial charge on any atom is 0.633 e. The van der Waals surface area contributed by atoms with Gasteiger partial charge in [0.25, 0.3) is 0 Å². The van der Waals surface area contributed by atoms with E-state index in [-0.39, 0.29) is 7.12 Å². The first-order valence-electron chi connectivity index (χ1n) is 4.38. The Balaban J connectivity index is 1.92. The zero-order chi connectivity index (χ0) is 9.38. The molecule has 0 atom stereocenters. The average molecular weight is 202 g/mol. The number of thiophene rings is 1. The van der Waals surface area contributed by atoms with E-state index < -0.39 is 0 Å². The first-order chi connectivity index (χ1) is 6.93. The molecule has 2 aromatic rings. The third-order valence-corrected chi connectivity index (χ3v) is 2.83. The van der Waals surface area contributed by atoms with E-state index in [1.54, 1.807) is 11.3 Å². The Labute approximate surface area is 86.2 Å². The molecule has 0 spiro atoms. The van der Waals surface area contributed by atoms with Crippen molar-refractivity contribution in [3.05, 3.63) is 41.1 Å². The van der Waals surface area contributed by atoms with Crippen molar-refractivity contribution in [3.63, 3.8) is 0 Å². The molecule has 1 aromatic heterocycles. The molecule has 4 heteroatoms. The minimum atomic E-state index is -0.265. The summed E-state index contributed by atoms with van der Waals surface area (Å²) in [7, 11) is -0.265. The summed E-state index contributed by atoms with van der Waals surface area (Å²) < 4.78 is 11.3. The van der Waals surface area contributed by atoms with Gasteiger partial charge in [-0.1, -0.05) is 12.1 Å². The van der Waals surface area contributed by atoms with E-state index in [0.717, 1.165) is 17.0 Å². The van der Waals surface area contributed by atoms with Gasteiger partial charge in [0.05, 0.1) is 0 Å². The summed E-state index contributed by atoms with van der Waals surface area (Å²) in [6, 6.07) is 9.74.